The second-order valence-electron chi connectivity index (χ2n) is 6.65. The van der Waals surface area contributed by atoms with E-state index in [0.29, 0.717) is 13.0 Å². The van der Waals surface area contributed by atoms with Crippen molar-refractivity contribution in [2.24, 2.45) is 0 Å². The Hall–Kier alpha value is -2.94. The minimum atomic E-state index is -4.45. The van der Waals surface area contributed by atoms with Crippen molar-refractivity contribution in [2.45, 2.75) is 18.7 Å². The highest BCUT2D eigenvalue weighted by Crippen LogP contribution is 2.33. The van der Waals surface area contributed by atoms with E-state index in [0.717, 1.165) is 29.5 Å². The van der Waals surface area contributed by atoms with E-state index in [-0.39, 0.29) is 10.7 Å². The summed E-state index contributed by atoms with van der Waals surface area (Å²) in [5.74, 6) is -0.326. The zero-order chi connectivity index (χ0) is 21.7. The molecule has 1 fully saturated rings. The van der Waals surface area contributed by atoms with Crippen LogP contribution in [0.4, 0.5) is 18.0 Å². The average Bonchev–Trinajstić information content (AvgIpc) is 3.02. The van der Waals surface area contributed by atoms with Gasteiger partial charge in [-0.15, -0.1) is 0 Å². The van der Waals surface area contributed by atoms with Crippen LogP contribution in [0.3, 0.4) is 0 Å². The lowest BCUT2D eigenvalue weighted by atomic mass is 10.1. The van der Waals surface area contributed by atoms with Crippen LogP contribution < -0.4 is 10.1 Å². The standard InChI is InChI=1S/C21H19F3N2O3S/c1-26(13-18-19(27)25-20(28)30-18)11-10-17(14-6-3-2-4-7-14)29-16-9-5-8-15(12-16)21(22,23)24/h2-9,12-13,17H,10-11H2,1H3,(H,25,27,28)/b18-13-. The van der Waals surface area contributed by atoms with Crippen LogP contribution in [0.2, 0.25) is 0 Å². The van der Waals surface area contributed by atoms with Gasteiger partial charge in [-0.2, -0.15) is 13.2 Å². The van der Waals surface area contributed by atoms with Crippen LogP contribution in [0.5, 0.6) is 5.75 Å². The van der Waals surface area contributed by atoms with Crippen LogP contribution in [0.1, 0.15) is 23.7 Å². The maximum Gasteiger partial charge on any atom is 0.416 e. The summed E-state index contributed by atoms with van der Waals surface area (Å²) in [6.07, 6.45) is -2.94. The van der Waals surface area contributed by atoms with Crippen LogP contribution in [-0.2, 0) is 11.0 Å². The van der Waals surface area contributed by atoms with Crippen LogP contribution >= 0.6 is 11.8 Å². The summed E-state index contributed by atoms with van der Waals surface area (Å²) in [5.41, 5.74) is 0.0433. The first kappa shape index (κ1) is 21.8. The molecule has 1 aliphatic heterocycles. The number of ether oxygens (including phenoxy) is 1. The van der Waals surface area contributed by atoms with E-state index in [1.165, 1.54) is 12.1 Å². The largest absolute Gasteiger partial charge is 0.486 e. The number of amides is 2. The van der Waals surface area contributed by atoms with E-state index in [1.807, 2.05) is 30.3 Å². The fourth-order valence-electron chi connectivity index (χ4n) is 2.87. The SMILES string of the molecule is CN(/C=C1\SC(=O)NC1=O)CCC(Oc1cccc(C(F)(F)F)c1)c1ccccc1. The maximum absolute atomic E-state index is 13.0. The van der Waals surface area contributed by atoms with Gasteiger partial charge in [-0.05, 0) is 35.5 Å². The summed E-state index contributed by atoms with van der Waals surface area (Å²) in [6.45, 7) is 0.448. The molecule has 30 heavy (non-hydrogen) atoms. The molecule has 0 spiro atoms. The van der Waals surface area contributed by atoms with E-state index < -0.39 is 29.0 Å². The molecule has 0 saturated carbocycles. The summed E-state index contributed by atoms with van der Waals surface area (Å²) in [5, 5.41) is 1.77. The predicted octanol–water partition coefficient (Wildman–Crippen LogP) is 4.97. The van der Waals surface area contributed by atoms with Crippen molar-refractivity contribution in [3.8, 4) is 5.75 Å². The van der Waals surface area contributed by atoms with Crippen LogP contribution in [0.25, 0.3) is 0 Å². The maximum atomic E-state index is 13.0. The second kappa shape index (κ2) is 9.25. The summed E-state index contributed by atoms with van der Waals surface area (Å²) >= 11 is 0.821. The number of thioether (sulfide) groups is 1. The lowest BCUT2D eigenvalue weighted by molar-refractivity contribution is -0.137. The number of hydrogen-bond acceptors (Lipinski definition) is 5. The van der Waals surface area contributed by atoms with Crippen LogP contribution in [0.15, 0.2) is 65.7 Å². The molecular formula is C21H19F3N2O3S. The number of hydrogen-bond donors (Lipinski definition) is 1. The van der Waals surface area contributed by atoms with Gasteiger partial charge in [0.25, 0.3) is 11.1 Å². The molecule has 1 atom stereocenters. The van der Waals surface area contributed by atoms with E-state index in [1.54, 1.807) is 18.1 Å². The van der Waals surface area contributed by atoms with E-state index >= 15 is 0 Å². The first-order chi connectivity index (χ1) is 14.2. The molecular weight excluding hydrogens is 417 g/mol. The highest BCUT2D eigenvalue weighted by atomic mass is 32.2. The summed E-state index contributed by atoms with van der Waals surface area (Å²) in [4.78, 5) is 25.0. The number of nitrogens with one attached hydrogen (secondary N) is 1. The molecule has 0 radical (unpaired) electrons. The normalized spacial score (nSPS) is 16.5. The number of carbonyl (C=O) groups excluding carboxylic acids is 2. The van der Waals surface area contributed by atoms with Gasteiger partial charge in [0.15, 0.2) is 0 Å². The molecule has 158 valence electrons. The lowest BCUT2D eigenvalue weighted by Crippen LogP contribution is -2.21. The Bertz CT molecular complexity index is 948. The number of carbonyl (C=O) groups is 2. The number of benzene rings is 2. The van der Waals surface area contributed by atoms with Crippen molar-refractivity contribution in [3.63, 3.8) is 0 Å². The Balaban J connectivity index is 1.73. The molecule has 1 heterocycles. The third-order valence-electron chi connectivity index (χ3n) is 4.33. The van der Waals surface area contributed by atoms with Crippen molar-refractivity contribution in [2.75, 3.05) is 13.6 Å². The Labute approximate surface area is 175 Å². The Morgan fingerprint density at radius 3 is 2.50 bits per heavy atom. The molecule has 0 bridgehead atoms. The van der Waals surface area contributed by atoms with Crippen LogP contribution in [0, 0.1) is 0 Å². The second-order valence-corrected chi connectivity index (χ2v) is 7.66. The summed E-state index contributed by atoms with van der Waals surface area (Å²) in [7, 11) is 1.75. The molecule has 1 aliphatic rings. The molecule has 1 unspecified atom stereocenters. The number of imide groups is 1. The van der Waals surface area contributed by atoms with Crippen molar-refractivity contribution < 1.29 is 27.5 Å². The topological polar surface area (TPSA) is 58.6 Å². The molecule has 0 aliphatic carbocycles. The van der Waals surface area contributed by atoms with E-state index in [4.69, 9.17) is 4.74 Å². The minimum absolute atomic E-state index is 0.121. The van der Waals surface area contributed by atoms with Crippen LogP contribution in [-0.4, -0.2) is 29.6 Å². The molecule has 1 N–H and O–H groups in total. The van der Waals surface area contributed by atoms with Gasteiger partial charge in [0.05, 0.1) is 10.5 Å². The smallest absolute Gasteiger partial charge is 0.416 e. The highest BCUT2D eigenvalue weighted by Gasteiger charge is 2.31. The Morgan fingerprint density at radius 2 is 1.87 bits per heavy atom. The number of rotatable bonds is 7. The molecule has 3 rings (SSSR count). The molecule has 2 amide bonds. The number of halogens is 3. The van der Waals surface area contributed by atoms with E-state index in [9.17, 15) is 22.8 Å². The first-order valence-electron chi connectivity index (χ1n) is 9.06. The number of nitrogens with zero attached hydrogens (tertiary/aromatic N) is 1. The molecule has 2 aromatic carbocycles. The zero-order valence-electron chi connectivity index (χ0n) is 16.0. The van der Waals surface area contributed by atoms with Gasteiger partial charge >= 0.3 is 6.18 Å². The fraction of sp³-hybridized carbons (Fsp3) is 0.238. The van der Waals surface area contributed by atoms with Gasteiger partial charge in [0, 0.05) is 26.2 Å². The predicted molar refractivity (Wildman–Crippen MR) is 108 cm³/mol. The highest BCUT2D eigenvalue weighted by molar-refractivity contribution is 8.18. The third kappa shape index (κ3) is 5.79. The van der Waals surface area contributed by atoms with Crippen molar-refractivity contribution in [1.82, 2.24) is 10.2 Å². The zero-order valence-corrected chi connectivity index (χ0v) is 16.8. The summed E-state index contributed by atoms with van der Waals surface area (Å²) in [6, 6.07) is 14.0. The molecule has 2 aromatic rings. The van der Waals surface area contributed by atoms with Gasteiger partial charge in [0.1, 0.15) is 11.9 Å². The molecule has 1 saturated heterocycles. The number of alkyl halides is 3. The average molecular weight is 436 g/mol. The van der Waals surface area contributed by atoms with E-state index in [2.05, 4.69) is 5.32 Å². The van der Waals surface area contributed by atoms with Crippen molar-refractivity contribution in [1.29, 1.82) is 0 Å². The van der Waals surface area contributed by atoms with Crippen molar-refractivity contribution in [3.05, 3.63) is 76.8 Å². The minimum Gasteiger partial charge on any atom is -0.486 e. The quantitative estimate of drug-likeness (QED) is 0.621. The summed E-state index contributed by atoms with van der Waals surface area (Å²) < 4.78 is 44.9. The van der Waals surface area contributed by atoms with Gasteiger partial charge in [-0.1, -0.05) is 36.4 Å². The van der Waals surface area contributed by atoms with Gasteiger partial charge in [0.2, 0.25) is 0 Å². The van der Waals surface area contributed by atoms with Gasteiger partial charge in [-0.25, -0.2) is 0 Å². The van der Waals surface area contributed by atoms with Gasteiger partial charge in [-0.3, -0.25) is 14.9 Å². The lowest BCUT2D eigenvalue weighted by Gasteiger charge is -2.23. The monoisotopic (exact) mass is 436 g/mol. The molecule has 0 aromatic heterocycles. The molecule has 9 heteroatoms. The molecule has 5 nitrogen and oxygen atoms in total. The Kier molecular flexibility index (Phi) is 6.71. The van der Waals surface area contributed by atoms with Crippen molar-refractivity contribution >= 4 is 22.9 Å². The first-order valence-corrected chi connectivity index (χ1v) is 9.88. The fourth-order valence-corrected chi connectivity index (χ4v) is 3.59. The third-order valence-corrected chi connectivity index (χ3v) is 5.13. The van der Waals surface area contributed by atoms with Gasteiger partial charge < -0.3 is 9.64 Å². The Morgan fingerprint density at radius 1 is 1.13 bits per heavy atom.